The summed E-state index contributed by atoms with van der Waals surface area (Å²) in [4.78, 5) is 25.6. The predicted octanol–water partition coefficient (Wildman–Crippen LogP) is 6.00. The van der Waals surface area contributed by atoms with E-state index in [0.717, 1.165) is 34.4 Å². The van der Waals surface area contributed by atoms with Crippen LogP contribution in [0.2, 0.25) is 0 Å². The standard InChI is InChI=1S/C22H20NO2.C5H8O2.Ir/c1-14-9-15(2)22(16(3)10-14)20-12-18(25-4)5-6-19(20)21-11-17(13-24)7-8-23-21;1-4(6)3-5(2)7;/h5,7-13H,1-4H3;3,6H,1-2H3;/q-1;;/b;4-3-;. The minimum atomic E-state index is -0.125. The van der Waals surface area contributed by atoms with Crippen molar-refractivity contribution in [1.29, 1.82) is 0 Å². The molecule has 0 spiro atoms. The van der Waals surface area contributed by atoms with Crippen LogP contribution in [0.15, 0.2) is 54.4 Å². The Morgan fingerprint density at radius 1 is 1.09 bits per heavy atom. The number of hydrogen-bond donors (Lipinski definition) is 1. The Balaban J connectivity index is 0.000000595. The van der Waals surface area contributed by atoms with Gasteiger partial charge in [-0.15, -0.1) is 17.7 Å². The molecule has 3 aromatic rings. The molecule has 0 atom stereocenters. The Kier molecular flexibility index (Phi) is 10.9. The summed E-state index contributed by atoms with van der Waals surface area (Å²) in [7, 11) is 1.65. The van der Waals surface area contributed by atoms with Crippen molar-refractivity contribution in [2.45, 2.75) is 34.6 Å². The number of methoxy groups -OCH3 is 1. The first-order chi connectivity index (χ1) is 15.2. The average Bonchev–Trinajstić information content (AvgIpc) is 2.72. The molecule has 0 aliphatic carbocycles. The van der Waals surface area contributed by atoms with E-state index in [1.807, 2.05) is 6.07 Å². The van der Waals surface area contributed by atoms with Crippen LogP contribution < -0.4 is 4.74 Å². The third-order valence-electron chi connectivity index (χ3n) is 4.69. The van der Waals surface area contributed by atoms with Gasteiger partial charge in [0, 0.05) is 43.7 Å². The number of nitrogens with zero attached hydrogens (tertiary/aromatic N) is 1. The van der Waals surface area contributed by atoms with Gasteiger partial charge in [-0.3, -0.25) is 9.59 Å². The quantitative estimate of drug-likeness (QED) is 0.164. The van der Waals surface area contributed by atoms with E-state index in [4.69, 9.17) is 9.84 Å². The van der Waals surface area contributed by atoms with E-state index in [2.05, 4.69) is 44.0 Å². The van der Waals surface area contributed by atoms with Crippen LogP contribution in [0.5, 0.6) is 5.75 Å². The number of aliphatic hydroxyl groups is 1. The van der Waals surface area contributed by atoms with E-state index in [0.29, 0.717) is 5.56 Å². The number of aldehydes is 1. The number of aryl methyl sites for hydroxylation is 3. The van der Waals surface area contributed by atoms with Gasteiger partial charge in [-0.25, -0.2) is 0 Å². The maximum Gasteiger partial charge on any atom is 0.155 e. The topological polar surface area (TPSA) is 76.5 Å². The number of allylic oxidation sites excluding steroid dienone is 2. The van der Waals surface area contributed by atoms with Crippen molar-refractivity contribution in [3.63, 3.8) is 0 Å². The van der Waals surface area contributed by atoms with Crippen LogP contribution in [0.25, 0.3) is 22.4 Å². The van der Waals surface area contributed by atoms with E-state index in [1.54, 1.807) is 31.5 Å². The number of benzene rings is 2. The molecule has 1 aromatic heterocycles. The van der Waals surface area contributed by atoms with Crippen molar-refractivity contribution >= 4 is 12.1 Å². The maximum atomic E-state index is 11.1. The number of ether oxygens (including phenoxy) is 1. The number of pyridine rings is 1. The molecule has 0 bridgehead atoms. The predicted molar refractivity (Wildman–Crippen MR) is 127 cm³/mol. The first-order valence-corrected chi connectivity index (χ1v) is 10.1. The Morgan fingerprint density at radius 2 is 1.73 bits per heavy atom. The van der Waals surface area contributed by atoms with Gasteiger partial charge in [-0.2, -0.15) is 0 Å². The molecular formula is C27H28IrNO4-. The zero-order valence-electron chi connectivity index (χ0n) is 19.6. The van der Waals surface area contributed by atoms with Crippen LogP contribution in [0, 0.1) is 26.8 Å². The molecule has 1 N–H and O–H groups in total. The number of carbonyl (C=O) groups is 2. The van der Waals surface area contributed by atoms with Crippen molar-refractivity contribution in [2.75, 3.05) is 7.11 Å². The number of aliphatic hydroxyl groups excluding tert-OH is 1. The Morgan fingerprint density at radius 3 is 2.21 bits per heavy atom. The van der Waals surface area contributed by atoms with Crippen molar-refractivity contribution in [1.82, 2.24) is 4.98 Å². The van der Waals surface area contributed by atoms with E-state index in [9.17, 15) is 9.59 Å². The molecule has 0 amide bonds. The number of carbonyl (C=O) groups excluding carboxylic acids is 2. The number of rotatable bonds is 5. The Hall–Kier alpha value is -3.08. The average molecular weight is 623 g/mol. The first-order valence-electron chi connectivity index (χ1n) is 10.1. The molecule has 1 heterocycles. The minimum absolute atomic E-state index is 0. The number of hydrogen-bond acceptors (Lipinski definition) is 5. The summed E-state index contributed by atoms with van der Waals surface area (Å²) in [6.07, 6.45) is 3.65. The molecule has 0 aliphatic rings. The van der Waals surface area contributed by atoms with Crippen LogP contribution in [-0.4, -0.2) is 29.3 Å². The zero-order chi connectivity index (χ0) is 23.8. The largest absolute Gasteiger partial charge is 0.540 e. The van der Waals surface area contributed by atoms with E-state index >= 15 is 0 Å². The fourth-order valence-corrected chi connectivity index (χ4v) is 3.56. The zero-order valence-corrected chi connectivity index (χ0v) is 22.0. The molecule has 3 rings (SSSR count). The van der Waals surface area contributed by atoms with Gasteiger partial charge in [0.15, 0.2) is 5.78 Å². The van der Waals surface area contributed by atoms with Crippen LogP contribution in [0.1, 0.15) is 40.9 Å². The monoisotopic (exact) mass is 623 g/mol. The van der Waals surface area contributed by atoms with Gasteiger partial charge in [0.05, 0.1) is 12.9 Å². The second-order valence-corrected chi connectivity index (χ2v) is 7.59. The minimum Gasteiger partial charge on any atom is -0.540 e. The van der Waals surface area contributed by atoms with Crippen LogP contribution in [-0.2, 0) is 24.9 Å². The fourth-order valence-electron chi connectivity index (χ4n) is 3.56. The first kappa shape index (κ1) is 28.0. The molecule has 0 saturated heterocycles. The molecule has 33 heavy (non-hydrogen) atoms. The van der Waals surface area contributed by atoms with Crippen LogP contribution in [0.4, 0.5) is 0 Å². The molecule has 175 valence electrons. The summed E-state index contributed by atoms with van der Waals surface area (Å²) in [6, 6.07) is 14.9. The van der Waals surface area contributed by atoms with Crippen LogP contribution >= 0.6 is 0 Å². The number of aromatic nitrogens is 1. The number of ketones is 1. The fraction of sp³-hybridized carbons (Fsp3) is 0.222. The molecule has 0 unspecified atom stereocenters. The third kappa shape index (κ3) is 7.77. The van der Waals surface area contributed by atoms with Gasteiger partial charge in [-0.05, 0) is 46.4 Å². The van der Waals surface area contributed by atoms with Crippen molar-refractivity contribution in [3.8, 4) is 28.1 Å². The SMILES string of the molecule is CC(=O)/C=C(/C)O.COc1c[c-]c(-c2cc(C=O)ccn2)c(-c2c(C)cc(C)cc2C)c1.[Ir]. The van der Waals surface area contributed by atoms with E-state index < -0.39 is 0 Å². The Bertz CT molecular complexity index is 1140. The molecule has 0 fully saturated rings. The molecular weight excluding hydrogens is 595 g/mol. The summed E-state index contributed by atoms with van der Waals surface area (Å²) in [5, 5.41) is 8.36. The maximum absolute atomic E-state index is 11.1. The van der Waals surface area contributed by atoms with E-state index in [-0.39, 0.29) is 31.6 Å². The van der Waals surface area contributed by atoms with Crippen LogP contribution in [0.3, 0.4) is 0 Å². The van der Waals surface area contributed by atoms with Gasteiger partial charge >= 0.3 is 0 Å². The molecule has 1 radical (unpaired) electrons. The van der Waals surface area contributed by atoms with Crippen molar-refractivity contribution in [3.05, 3.63) is 82.8 Å². The summed E-state index contributed by atoms with van der Waals surface area (Å²) < 4.78 is 5.41. The summed E-state index contributed by atoms with van der Waals surface area (Å²) in [6.45, 7) is 9.15. The van der Waals surface area contributed by atoms with Gasteiger partial charge in [0.1, 0.15) is 6.29 Å². The Labute approximate surface area is 208 Å². The van der Waals surface area contributed by atoms with E-state index in [1.165, 1.54) is 36.6 Å². The van der Waals surface area contributed by atoms with Gasteiger partial charge in [0.25, 0.3) is 0 Å². The van der Waals surface area contributed by atoms with Crippen molar-refractivity contribution in [2.24, 2.45) is 0 Å². The second-order valence-electron chi connectivity index (χ2n) is 7.59. The van der Waals surface area contributed by atoms with Crippen molar-refractivity contribution < 1.29 is 39.5 Å². The molecule has 0 aliphatic heterocycles. The normalized spacial score (nSPS) is 10.4. The molecule has 5 nitrogen and oxygen atoms in total. The third-order valence-corrected chi connectivity index (χ3v) is 4.69. The smallest absolute Gasteiger partial charge is 0.155 e. The summed E-state index contributed by atoms with van der Waals surface area (Å²) in [5.74, 6) is 0.678. The summed E-state index contributed by atoms with van der Waals surface area (Å²) >= 11 is 0. The molecule has 0 saturated carbocycles. The second kappa shape index (κ2) is 12.8. The van der Waals surface area contributed by atoms with Gasteiger partial charge in [-0.1, -0.05) is 52.1 Å². The molecule has 6 heteroatoms. The van der Waals surface area contributed by atoms with Gasteiger partial charge < -0.3 is 14.8 Å². The summed E-state index contributed by atoms with van der Waals surface area (Å²) in [5.41, 5.74) is 7.93. The molecule has 2 aromatic carbocycles. The van der Waals surface area contributed by atoms with Gasteiger partial charge in [0.2, 0.25) is 0 Å².